The Morgan fingerprint density at radius 2 is 2.43 bits per heavy atom. The molecule has 1 heterocycles. The van der Waals surface area contributed by atoms with Gasteiger partial charge in [-0.1, -0.05) is 5.11 Å². The fraction of sp³-hybridized carbons (Fsp3) is 0.143. The van der Waals surface area contributed by atoms with Crippen molar-refractivity contribution < 1.29 is 14.0 Å². The van der Waals surface area contributed by atoms with Crippen LogP contribution < -0.4 is 5.32 Å². The van der Waals surface area contributed by atoms with Crippen molar-refractivity contribution in [2.24, 2.45) is 5.11 Å². The van der Waals surface area contributed by atoms with Crippen LogP contribution in [0.1, 0.15) is 10.6 Å². The van der Waals surface area contributed by atoms with Gasteiger partial charge in [-0.05, 0) is 17.7 Å². The van der Waals surface area contributed by atoms with E-state index in [1.54, 1.807) is 0 Å². The predicted octanol–water partition coefficient (Wildman–Crippen LogP) is 0.846. The molecule has 0 aliphatic heterocycles. The highest BCUT2D eigenvalue weighted by Crippen LogP contribution is 1.98. The number of nitrogens with one attached hydrogen (secondary N) is 1. The second-order valence-electron chi connectivity index (χ2n) is 2.24. The maximum Gasteiger partial charge on any atom is 0.293 e. The minimum absolute atomic E-state index is 0.0271. The quantitative estimate of drug-likeness (QED) is 0.437. The molecule has 1 aromatic heterocycles. The lowest BCUT2D eigenvalue weighted by atomic mass is 10.4. The molecule has 0 saturated carbocycles. The van der Waals surface area contributed by atoms with Gasteiger partial charge >= 0.3 is 0 Å². The lowest BCUT2D eigenvalue weighted by molar-refractivity contribution is -0.118. The highest BCUT2D eigenvalue weighted by Gasteiger charge is 2.11. The zero-order chi connectivity index (χ0) is 10.4. The Labute approximate surface area is 78.3 Å². The number of nitrogens with zero attached hydrogens (tertiary/aromatic N) is 3. The molecule has 0 bridgehead atoms. The Bertz CT molecular complexity index is 378. The van der Waals surface area contributed by atoms with Crippen LogP contribution in [0.4, 0.5) is 0 Å². The van der Waals surface area contributed by atoms with E-state index in [1.807, 2.05) is 5.32 Å². The summed E-state index contributed by atoms with van der Waals surface area (Å²) < 4.78 is 4.73. The Balaban J connectivity index is 2.49. The second kappa shape index (κ2) is 4.68. The van der Waals surface area contributed by atoms with Crippen molar-refractivity contribution in [3.63, 3.8) is 0 Å². The predicted molar refractivity (Wildman–Crippen MR) is 45.2 cm³/mol. The van der Waals surface area contributed by atoms with Crippen LogP contribution in [0.5, 0.6) is 0 Å². The molecule has 0 unspecified atom stereocenters. The van der Waals surface area contributed by atoms with Gasteiger partial charge in [-0.3, -0.25) is 14.9 Å². The maximum absolute atomic E-state index is 11.1. The molecule has 0 fully saturated rings. The van der Waals surface area contributed by atoms with Crippen LogP contribution in [0.2, 0.25) is 0 Å². The van der Waals surface area contributed by atoms with Crippen molar-refractivity contribution >= 4 is 11.8 Å². The van der Waals surface area contributed by atoms with Gasteiger partial charge in [0.15, 0.2) is 5.76 Å². The number of carbonyl (C=O) groups is 2. The number of amides is 2. The summed E-state index contributed by atoms with van der Waals surface area (Å²) in [5.41, 5.74) is 7.91. The van der Waals surface area contributed by atoms with Gasteiger partial charge in [-0.25, -0.2) is 0 Å². The highest BCUT2D eigenvalue weighted by atomic mass is 16.3. The molecular weight excluding hydrogens is 188 g/mol. The van der Waals surface area contributed by atoms with E-state index in [4.69, 9.17) is 9.95 Å². The summed E-state index contributed by atoms with van der Waals surface area (Å²) in [7, 11) is 0. The van der Waals surface area contributed by atoms with Gasteiger partial charge in [-0.2, -0.15) is 0 Å². The van der Waals surface area contributed by atoms with Crippen LogP contribution in [0.25, 0.3) is 10.4 Å². The molecule has 2 amide bonds. The third kappa shape index (κ3) is 2.65. The molecule has 0 atom stereocenters. The minimum Gasteiger partial charge on any atom is -0.459 e. The lowest BCUT2D eigenvalue weighted by Crippen LogP contribution is -2.31. The molecule has 1 N–H and O–H groups in total. The number of rotatable bonds is 3. The summed E-state index contributed by atoms with van der Waals surface area (Å²) in [6, 6.07) is 2.93. The highest BCUT2D eigenvalue weighted by molar-refractivity contribution is 6.03. The normalized spacial score (nSPS) is 8.86. The molecular formula is C7H6N4O3. The van der Waals surface area contributed by atoms with E-state index in [-0.39, 0.29) is 5.76 Å². The van der Waals surface area contributed by atoms with E-state index in [9.17, 15) is 9.59 Å². The van der Waals surface area contributed by atoms with Crippen LogP contribution in [0.3, 0.4) is 0 Å². The molecule has 1 aromatic rings. The number of azide groups is 1. The zero-order valence-corrected chi connectivity index (χ0v) is 7.01. The first-order valence-corrected chi connectivity index (χ1v) is 3.62. The Hall–Kier alpha value is -2.27. The minimum atomic E-state index is -0.677. The van der Waals surface area contributed by atoms with Crippen molar-refractivity contribution in [1.29, 1.82) is 0 Å². The average molecular weight is 194 g/mol. The van der Waals surface area contributed by atoms with Crippen LogP contribution in [0, 0.1) is 0 Å². The van der Waals surface area contributed by atoms with Crippen LogP contribution in [-0.4, -0.2) is 18.4 Å². The first kappa shape index (κ1) is 9.82. The van der Waals surface area contributed by atoms with E-state index in [2.05, 4.69) is 10.0 Å². The summed E-state index contributed by atoms with van der Waals surface area (Å²) in [5, 5.41) is 4.97. The number of hydrogen-bond acceptors (Lipinski definition) is 4. The van der Waals surface area contributed by atoms with Crippen molar-refractivity contribution in [2.75, 3.05) is 6.54 Å². The Morgan fingerprint density at radius 1 is 1.64 bits per heavy atom. The number of hydrogen-bond donors (Lipinski definition) is 1. The largest absolute Gasteiger partial charge is 0.459 e. The average Bonchev–Trinajstić information content (AvgIpc) is 2.67. The van der Waals surface area contributed by atoms with Crippen molar-refractivity contribution in [3.8, 4) is 0 Å². The summed E-state index contributed by atoms with van der Waals surface area (Å²) in [6.45, 7) is -0.414. The Kier molecular flexibility index (Phi) is 3.28. The molecule has 0 spiro atoms. The van der Waals surface area contributed by atoms with E-state index in [0.29, 0.717) is 0 Å². The van der Waals surface area contributed by atoms with Gasteiger partial charge in [0.25, 0.3) is 5.91 Å². The van der Waals surface area contributed by atoms with Crippen LogP contribution >= 0.6 is 0 Å². The molecule has 1 rings (SSSR count). The van der Waals surface area contributed by atoms with Gasteiger partial charge in [-0.15, -0.1) is 0 Å². The van der Waals surface area contributed by atoms with Gasteiger partial charge in [0.1, 0.15) is 6.54 Å². The third-order valence-electron chi connectivity index (χ3n) is 1.28. The standard InChI is InChI=1S/C7H6N4O3/c8-11-9-4-6(12)10-7(13)5-2-1-3-14-5/h1-3H,4H2,(H,10,12,13). The number of imide groups is 1. The maximum atomic E-state index is 11.1. The van der Waals surface area contributed by atoms with Crippen LogP contribution in [0.15, 0.2) is 27.9 Å². The van der Waals surface area contributed by atoms with E-state index >= 15 is 0 Å². The van der Waals surface area contributed by atoms with Gasteiger partial charge in [0.2, 0.25) is 5.91 Å². The van der Waals surface area contributed by atoms with Gasteiger partial charge in [0.05, 0.1) is 6.26 Å². The molecule has 0 saturated heterocycles. The molecule has 0 aliphatic carbocycles. The molecule has 72 valence electrons. The topological polar surface area (TPSA) is 108 Å². The SMILES string of the molecule is [N-]=[N+]=NCC(=O)NC(=O)c1ccco1. The van der Waals surface area contributed by atoms with Gasteiger partial charge < -0.3 is 4.42 Å². The van der Waals surface area contributed by atoms with Crippen LogP contribution in [-0.2, 0) is 4.79 Å². The summed E-state index contributed by atoms with van der Waals surface area (Å²) in [5.74, 6) is -1.31. The molecule has 0 aromatic carbocycles. The van der Waals surface area contributed by atoms with E-state index < -0.39 is 18.4 Å². The zero-order valence-electron chi connectivity index (χ0n) is 7.01. The molecule has 7 nitrogen and oxygen atoms in total. The Morgan fingerprint density at radius 3 is 3.00 bits per heavy atom. The fourth-order valence-electron chi connectivity index (χ4n) is 0.731. The smallest absolute Gasteiger partial charge is 0.293 e. The van der Waals surface area contributed by atoms with Crippen molar-refractivity contribution in [2.45, 2.75) is 0 Å². The van der Waals surface area contributed by atoms with Crippen molar-refractivity contribution in [1.82, 2.24) is 5.32 Å². The molecule has 0 aliphatic rings. The summed E-state index contributed by atoms with van der Waals surface area (Å²) >= 11 is 0. The molecule has 14 heavy (non-hydrogen) atoms. The first-order valence-electron chi connectivity index (χ1n) is 3.62. The van der Waals surface area contributed by atoms with E-state index in [0.717, 1.165) is 0 Å². The fourth-order valence-corrected chi connectivity index (χ4v) is 0.731. The third-order valence-corrected chi connectivity index (χ3v) is 1.28. The van der Waals surface area contributed by atoms with Gasteiger partial charge in [0, 0.05) is 4.91 Å². The summed E-state index contributed by atoms with van der Waals surface area (Å²) in [4.78, 5) is 24.4. The second-order valence-corrected chi connectivity index (χ2v) is 2.24. The number of carbonyl (C=O) groups excluding carboxylic acids is 2. The monoisotopic (exact) mass is 194 g/mol. The van der Waals surface area contributed by atoms with Crippen molar-refractivity contribution in [3.05, 3.63) is 34.6 Å². The van der Waals surface area contributed by atoms with E-state index in [1.165, 1.54) is 18.4 Å². The molecule has 7 heteroatoms. The molecule has 0 radical (unpaired) electrons. The lowest BCUT2D eigenvalue weighted by Gasteiger charge is -1.97. The first-order chi connectivity index (χ1) is 6.74. The summed E-state index contributed by atoms with van der Waals surface area (Å²) in [6.07, 6.45) is 1.31. The number of furan rings is 1.